The van der Waals surface area contributed by atoms with Crippen molar-refractivity contribution in [2.24, 2.45) is 5.73 Å². The molecule has 0 aliphatic heterocycles. The van der Waals surface area contributed by atoms with Crippen LogP contribution in [0, 0.1) is 0 Å². The summed E-state index contributed by atoms with van der Waals surface area (Å²) in [4.78, 5) is 33.5. The van der Waals surface area contributed by atoms with Gasteiger partial charge in [-0.1, -0.05) is 172 Å². The number of phosphoric ester groups is 1. The first-order chi connectivity index (χ1) is 26.2. The molecule has 0 spiro atoms. The van der Waals surface area contributed by atoms with Gasteiger partial charge in [-0.15, -0.1) is 0 Å². The average Bonchev–Trinajstić information content (AvgIpc) is 3.15. The topological polar surface area (TPSA) is 155 Å². The Morgan fingerprint density at radius 2 is 1.07 bits per heavy atom. The van der Waals surface area contributed by atoms with Crippen LogP contribution in [0.4, 0.5) is 0 Å². The standard InChI is InChI=1S/C43H80NO9P/c1-3-5-7-9-11-13-15-17-19-20-21-23-25-27-29-31-33-35-42(45)53-40(38-51-54(48,49)52-39-41(44)43(46)47)37-50-36-34-32-30-28-26-24-22-18-16-14-12-10-8-6-4-2/h5,7,11,13,17,19,40-41H,3-4,6,8-10,12,14-16,18,20-39,44H2,1-2H3,(H,46,47)(H,48,49)/b7-5-,13-11-,19-17-. The molecule has 0 saturated heterocycles. The number of esters is 1. The van der Waals surface area contributed by atoms with E-state index in [9.17, 15) is 19.0 Å². The van der Waals surface area contributed by atoms with E-state index in [2.05, 4.69) is 50.3 Å². The second-order valence-electron chi connectivity index (χ2n) is 14.4. The summed E-state index contributed by atoms with van der Waals surface area (Å²) in [6.45, 7) is 3.77. The highest BCUT2D eigenvalue weighted by atomic mass is 31.2. The maximum Gasteiger partial charge on any atom is 0.472 e. The molecule has 0 aromatic carbocycles. The van der Waals surface area contributed by atoms with Gasteiger partial charge in [-0.3, -0.25) is 18.6 Å². The first kappa shape index (κ1) is 52.2. The lowest BCUT2D eigenvalue weighted by Gasteiger charge is -2.20. The molecule has 0 heterocycles. The molecule has 10 nitrogen and oxygen atoms in total. The lowest BCUT2D eigenvalue weighted by atomic mass is 10.0. The third kappa shape index (κ3) is 38.5. The van der Waals surface area contributed by atoms with Gasteiger partial charge >= 0.3 is 19.8 Å². The van der Waals surface area contributed by atoms with Gasteiger partial charge in [-0.25, -0.2) is 4.57 Å². The van der Waals surface area contributed by atoms with E-state index in [1.807, 2.05) is 0 Å². The van der Waals surface area contributed by atoms with Crippen molar-refractivity contribution >= 4 is 19.8 Å². The van der Waals surface area contributed by atoms with E-state index < -0.39 is 45.1 Å². The van der Waals surface area contributed by atoms with E-state index in [1.165, 1.54) is 96.3 Å². The van der Waals surface area contributed by atoms with E-state index in [-0.39, 0.29) is 13.0 Å². The molecule has 3 unspecified atom stereocenters. The van der Waals surface area contributed by atoms with Crippen LogP contribution in [0.5, 0.6) is 0 Å². The van der Waals surface area contributed by atoms with Crippen LogP contribution >= 0.6 is 7.82 Å². The first-order valence-electron chi connectivity index (χ1n) is 21.5. The Labute approximate surface area is 329 Å². The molecular weight excluding hydrogens is 705 g/mol. The van der Waals surface area contributed by atoms with Gasteiger partial charge in [-0.05, 0) is 44.9 Å². The molecule has 0 amide bonds. The largest absolute Gasteiger partial charge is 0.480 e. The molecule has 54 heavy (non-hydrogen) atoms. The molecule has 0 fully saturated rings. The number of aliphatic carboxylic acids is 1. The normalized spacial score (nSPS) is 14.3. The number of nitrogens with two attached hydrogens (primary N) is 1. The fraction of sp³-hybridized carbons (Fsp3) is 0.814. The SMILES string of the molecule is CC/C=C\C/C=C\C/C=C\CCCCCCCCCC(=O)OC(COCCCCCCCCCCCCCCCCC)COP(=O)(O)OCC(N)C(=O)O. The van der Waals surface area contributed by atoms with Crippen LogP contribution in [0.3, 0.4) is 0 Å². The van der Waals surface area contributed by atoms with E-state index >= 15 is 0 Å². The van der Waals surface area contributed by atoms with Gasteiger partial charge in [0.25, 0.3) is 0 Å². The third-order valence-corrected chi connectivity index (χ3v) is 10.1. The van der Waals surface area contributed by atoms with Crippen molar-refractivity contribution < 1.29 is 42.7 Å². The number of unbranched alkanes of at least 4 members (excludes halogenated alkanes) is 21. The molecule has 0 aliphatic rings. The number of hydrogen-bond acceptors (Lipinski definition) is 8. The summed E-state index contributed by atoms with van der Waals surface area (Å²) in [6.07, 6.45) is 43.3. The fourth-order valence-electron chi connectivity index (χ4n) is 5.85. The molecule has 0 bridgehead atoms. The highest BCUT2D eigenvalue weighted by Crippen LogP contribution is 2.43. The second-order valence-corrected chi connectivity index (χ2v) is 15.9. The molecule has 0 aliphatic carbocycles. The minimum Gasteiger partial charge on any atom is -0.480 e. The van der Waals surface area contributed by atoms with Gasteiger partial charge in [0.2, 0.25) is 0 Å². The van der Waals surface area contributed by atoms with E-state index in [4.69, 9.17) is 29.4 Å². The van der Waals surface area contributed by atoms with Crippen LogP contribution in [-0.4, -0.2) is 60.5 Å². The number of phosphoric acid groups is 1. The summed E-state index contributed by atoms with van der Waals surface area (Å²) in [5, 5.41) is 8.89. The van der Waals surface area contributed by atoms with Crippen LogP contribution < -0.4 is 5.73 Å². The maximum atomic E-state index is 12.6. The van der Waals surface area contributed by atoms with Crippen LogP contribution in [0.2, 0.25) is 0 Å². The zero-order chi connectivity index (χ0) is 39.8. The average molecular weight is 786 g/mol. The Hall–Kier alpha value is -1.81. The van der Waals surface area contributed by atoms with Crippen molar-refractivity contribution in [3.05, 3.63) is 36.5 Å². The molecule has 3 atom stereocenters. The minimum atomic E-state index is -4.62. The van der Waals surface area contributed by atoms with Crippen molar-refractivity contribution in [1.82, 2.24) is 0 Å². The monoisotopic (exact) mass is 786 g/mol. The Bertz CT molecular complexity index is 1000. The Balaban J connectivity index is 4.24. The number of allylic oxidation sites excluding steroid dienone is 6. The highest BCUT2D eigenvalue weighted by Gasteiger charge is 2.27. The Morgan fingerprint density at radius 3 is 1.61 bits per heavy atom. The predicted octanol–water partition coefficient (Wildman–Crippen LogP) is 11.7. The van der Waals surface area contributed by atoms with Gasteiger partial charge in [-0.2, -0.15) is 0 Å². The molecule has 0 saturated carbocycles. The van der Waals surface area contributed by atoms with Gasteiger partial charge < -0.3 is 25.2 Å². The molecule has 4 N–H and O–H groups in total. The number of carbonyl (C=O) groups is 2. The zero-order valence-corrected chi connectivity index (χ0v) is 35.2. The fourth-order valence-corrected chi connectivity index (χ4v) is 6.63. The number of hydrogen-bond donors (Lipinski definition) is 3. The summed E-state index contributed by atoms with van der Waals surface area (Å²) in [6, 6.07) is -1.47. The van der Waals surface area contributed by atoms with Crippen LogP contribution in [0.25, 0.3) is 0 Å². The first-order valence-corrected chi connectivity index (χ1v) is 23.0. The summed E-state index contributed by atoms with van der Waals surface area (Å²) in [5.74, 6) is -1.79. The van der Waals surface area contributed by atoms with Gasteiger partial charge in [0, 0.05) is 13.0 Å². The molecule has 0 radical (unpaired) electrons. The lowest BCUT2D eigenvalue weighted by molar-refractivity contribution is -0.154. The number of ether oxygens (including phenoxy) is 2. The molecule has 316 valence electrons. The van der Waals surface area contributed by atoms with Crippen molar-refractivity contribution in [1.29, 1.82) is 0 Å². The lowest BCUT2D eigenvalue weighted by Crippen LogP contribution is -2.34. The van der Waals surface area contributed by atoms with Crippen LogP contribution in [-0.2, 0) is 32.7 Å². The number of carboxylic acids is 1. The van der Waals surface area contributed by atoms with E-state index in [0.29, 0.717) is 13.0 Å². The molecule has 0 aromatic rings. The number of carbonyl (C=O) groups excluding carboxylic acids is 1. The maximum absolute atomic E-state index is 12.6. The third-order valence-electron chi connectivity index (χ3n) is 9.18. The van der Waals surface area contributed by atoms with Crippen molar-refractivity contribution in [3.63, 3.8) is 0 Å². The molecule has 0 aromatic heterocycles. The number of rotatable bonds is 41. The smallest absolute Gasteiger partial charge is 0.472 e. The quantitative estimate of drug-likeness (QED) is 0.0236. The highest BCUT2D eigenvalue weighted by molar-refractivity contribution is 7.47. The van der Waals surface area contributed by atoms with Crippen molar-refractivity contribution in [2.45, 2.75) is 199 Å². The summed E-state index contributed by atoms with van der Waals surface area (Å²) < 4.78 is 33.3. The minimum absolute atomic E-state index is 0.0154. The van der Waals surface area contributed by atoms with Gasteiger partial charge in [0.15, 0.2) is 0 Å². The van der Waals surface area contributed by atoms with Gasteiger partial charge in [0.1, 0.15) is 12.1 Å². The van der Waals surface area contributed by atoms with Crippen molar-refractivity contribution in [3.8, 4) is 0 Å². The summed E-state index contributed by atoms with van der Waals surface area (Å²) >= 11 is 0. The zero-order valence-electron chi connectivity index (χ0n) is 34.3. The molecule has 0 rings (SSSR count). The second kappa shape index (κ2) is 39.4. The van der Waals surface area contributed by atoms with Crippen LogP contribution in [0.15, 0.2) is 36.5 Å². The van der Waals surface area contributed by atoms with E-state index in [1.54, 1.807) is 0 Å². The Morgan fingerprint density at radius 1 is 0.611 bits per heavy atom. The van der Waals surface area contributed by atoms with Gasteiger partial charge in [0.05, 0.1) is 19.8 Å². The number of carboxylic acid groups (broad SMARTS) is 1. The summed E-state index contributed by atoms with van der Waals surface area (Å²) in [7, 11) is -4.62. The predicted molar refractivity (Wildman–Crippen MR) is 221 cm³/mol. The molecular formula is C43H80NO9P. The van der Waals surface area contributed by atoms with Crippen LogP contribution in [0.1, 0.15) is 187 Å². The van der Waals surface area contributed by atoms with Crippen molar-refractivity contribution in [2.75, 3.05) is 26.4 Å². The molecule has 11 heteroatoms. The van der Waals surface area contributed by atoms with E-state index in [0.717, 1.165) is 64.2 Å². The summed E-state index contributed by atoms with van der Waals surface area (Å²) in [5.41, 5.74) is 5.35. The Kier molecular flexibility index (Phi) is 38.1.